The third-order valence-electron chi connectivity index (χ3n) is 3.03. The summed E-state index contributed by atoms with van der Waals surface area (Å²) in [5.41, 5.74) is 3.23. The summed E-state index contributed by atoms with van der Waals surface area (Å²) in [5, 5.41) is 3.94. The Morgan fingerprint density at radius 3 is 2.52 bits per heavy atom. The number of hydrogen-bond donors (Lipinski definition) is 1. The maximum Gasteiger partial charge on any atom is 0.280 e. The van der Waals surface area contributed by atoms with Gasteiger partial charge in [-0.3, -0.25) is 4.79 Å². The molecule has 2 rings (SSSR count). The molecule has 1 amide bonds. The maximum absolute atomic E-state index is 12.0. The second kappa shape index (κ2) is 8.33. The molecule has 5 nitrogen and oxygen atoms in total. The molecule has 0 spiro atoms. The molecular formula is C17H17BrN2O3. The number of nitrogens with zero attached hydrogens (tertiary/aromatic N) is 1. The average molecular weight is 377 g/mol. The van der Waals surface area contributed by atoms with Crippen LogP contribution in [0.2, 0.25) is 0 Å². The van der Waals surface area contributed by atoms with Crippen LogP contribution in [0.4, 0.5) is 0 Å². The van der Waals surface area contributed by atoms with E-state index in [-0.39, 0.29) is 5.91 Å². The lowest BCUT2D eigenvalue weighted by Crippen LogP contribution is -2.33. The Labute approximate surface area is 143 Å². The summed E-state index contributed by atoms with van der Waals surface area (Å²) in [6.07, 6.45) is 0.852. The summed E-state index contributed by atoms with van der Waals surface area (Å²) < 4.78 is 11.6. The van der Waals surface area contributed by atoms with Crippen molar-refractivity contribution in [3.8, 4) is 11.5 Å². The maximum atomic E-state index is 12.0. The minimum atomic E-state index is -0.677. The number of rotatable bonds is 6. The fourth-order valence-electron chi connectivity index (χ4n) is 1.81. The Bertz CT molecular complexity index is 704. The van der Waals surface area contributed by atoms with Gasteiger partial charge in [0.05, 0.1) is 17.8 Å². The minimum absolute atomic E-state index is 0.341. The van der Waals surface area contributed by atoms with Gasteiger partial charge < -0.3 is 9.47 Å². The molecule has 1 N–H and O–H groups in total. The Hall–Kier alpha value is -2.34. The van der Waals surface area contributed by atoms with Gasteiger partial charge in [0, 0.05) is 5.56 Å². The molecule has 0 aliphatic carbocycles. The van der Waals surface area contributed by atoms with Gasteiger partial charge in [0.2, 0.25) is 0 Å². The van der Waals surface area contributed by atoms with E-state index in [4.69, 9.17) is 9.47 Å². The van der Waals surface area contributed by atoms with E-state index in [1.165, 1.54) is 6.21 Å². The molecule has 0 bridgehead atoms. The molecule has 0 unspecified atom stereocenters. The summed E-state index contributed by atoms with van der Waals surface area (Å²) in [6.45, 7) is 1.66. The zero-order valence-electron chi connectivity index (χ0n) is 12.8. The van der Waals surface area contributed by atoms with Crippen LogP contribution in [0.5, 0.6) is 11.5 Å². The number of carbonyl (C=O) groups is 1. The predicted octanol–water partition coefficient (Wildman–Crippen LogP) is 3.38. The number of carbonyl (C=O) groups excluding carboxylic acids is 1. The summed E-state index contributed by atoms with van der Waals surface area (Å²) in [4.78, 5) is 12.0. The van der Waals surface area contributed by atoms with E-state index < -0.39 is 6.10 Å². The van der Waals surface area contributed by atoms with Crippen LogP contribution < -0.4 is 14.9 Å². The molecular weight excluding hydrogens is 360 g/mol. The van der Waals surface area contributed by atoms with Crippen LogP contribution in [0.1, 0.15) is 12.5 Å². The third kappa shape index (κ3) is 4.82. The molecule has 6 heteroatoms. The van der Waals surface area contributed by atoms with Gasteiger partial charge in [0.25, 0.3) is 5.91 Å². The van der Waals surface area contributed by atoms with Crippen molar-refractivity contribution in [2.75, 3.05) is 7.11 Å². The van der Waals surface area contributed by atoms with Gasteiger partial charge in [-0.25, -0.2) is 5.43 Å². The molecule has 0 saturated carbocycles. The first-order valence-electron chi connectivity index (χ1n) is 6.99. The summed E-state index contributed by atoms with van der Waals surface area (Å²) in [5.74, 6) is 0.943. The van der Waals surface area contributed by atoms with E-state index in [0.717, 1.165) is 10.0 Å². The quantitative estimate of drug-likeness (QED) is 0.620. The number of para-hydroxylation sites is 2. The van der Waals surface area contributed by atoms with Gasteiger partial charge in [-0.05, 0) is 47.1 Å². The van der Waals surface area contributed by atoms with Crippen LogP contribution >= 0.6 is 15.9 Å². The van der Waals surface area contributed by atoms with Gasteiger partial charge in [0.1, 0.15) is 11.5 Å². The van der Waals surface area contributed by atoms with E-state index in [0.29, 0.717) is 11.5 Å². The van der Waals surface area contributed by atoms with Crippen molar-refractivity contribution in [2.45, 2.75) is 13.0 Å². The van der Waals surface area contributed by atoms with Gasteiger partial charge in [0.15, 0.2) is 6.10 Å². The van der Waals surface area contributed by atoms with E-state index >= 15 is 0 Å². The van der Waals surface area contributed by atoms with E-state index in [1.807, 2.05) is 42.5 Å². The highest BCUT2D eigenvalue weighted by Crippen LogP contribution is 2.24. The lowest BCUT2D eigenvalue weighted by Gasteiger charge is -2.14. The average Bonchev–Trinajstić information content (AvgIpc) is 2.57. The summed E-state index contributed by atoms with van der Waals surface area (Å²) in [6, 6.07) is 14.7. The zero-order valence-corrected chi connectivity index (χ0v) is 14.4. The van der Waals surface area contributed by atoms with Crippen molar-refractivity contribution in [1.82, 2.24) is 5.43 Å². The Balaban J connectivity index is 1.94. The van der Waals surface area contributed by atoms with Crippen molar-refractivity contribution in [3.63, 3.8) is 0 Å². The van der Waals surface area contributed by atoms with Gasteiger partial charge in [-0.1, -0.05) is 24.3 Å². The molecule has 0 saturated heterocycles. The first-order chi connectivity index (χ1) is 11.1. The highest BCUT2D eigenvalue weighted by molar-refractivity contribution is 9.10. The fraction of sp³-hybridized carbons (Fsp3) is 0.176. The second-order valence-electron chi connectivity index (χ2n) is 4.67. The lowest BCUT2D eigenvalue weighted by molar-refractivity contribution is -0.127. The smallest absolute Gasteiger partial charge is 0.280 e. The van der Waals surface area contributed by atoms with Crippen LogP contribution in [0.25, 0.3) is 0 Å². The number of ether oxygens (including phenoxy) is 2. The van der Waals surface area contributed by atoms with Crippen LogP contribution in [0.15, 0.2) is 58.1 Å². The Morgan fingerprint density at radius 2 is 1.83 bits per heavy atom. The minimum Gasteiger partial charge on any atom is -0.496 e. The third-order valence-corrected chi connectivity index (χ3v) is 3.68. The second-order valence-corrected chi connectivity index (χ2v) is 5.52. The molecule has 0 aliphatic rings. The molecule has 2 aromatic carbocycles. The summed E-state index contributed by atoms with van der Waals surface area (Å²) >= 11 is 3.37. The first-order valence-corrected chi connectivity index (χ1v) is 7.78. The monoisotopic (exact) mass is 376 g/mol. The number of methoxy groups -OCH3 is 1. The predicted molar refractivity (Wildman–Crippen MR) is 93.0 cm³/mol. The van der Waals surface area contributed by atoms with Crippen LogP contribution in [0.3, 0.4) is 0 Å². The van der Waals surface area contributed by atoms with Gasteiger partial charge >= 0.3 is 0 Å². The van der Waals surface area contributed by atoms with Crippen molar-refractivity contribution in [2.24, 2.45) is 5.10 Å². The lowest BCUT2D eigenvalue weighted by atomic mass is 10.2. The van der Waals surface area contributed by atoms with Crippen molar-refractivity contribution in [3.05, 3.63) is 58.6 Å². The number of benzene rings is 2. The van der Waals surface area contributed by atoms with Gasteiger partial charge in [-0.15, -0.1) is 0 Å². The zero-order chi connectivity index (χ0) is 16.7. The number of amides is 1. The highest BCUT2D eigenvalue weighted by atomic mass is 79.9. The largest absolute Gasteiger partial charge is 0.496 e. The SMILES string of the molecule is COc1ccccc1/C=N\NC(=O)[C@@H](C)Oc1ccccc1Br. The van der Waals surface area contributed by atoms with Crippen LogP contribution in [-0.2, 0) is 4.79 Å². The van der Waals surface area contributed by atoms with Gasteiger partial charge in [-0.2, -0.15) is 5.10 Å². The molecule has 1 atom stereocenters. The fourth-order valence-corrected chi connectivity index (χ4v) is 2.19. The topological polar surface area (TPSA) is 59.9 Å². The summed E-state index contributed by atoms with van der Waals surface area (Å²) in [7, 11) is 1.58. The first kappa shape index (κ1) is 17.0. The molecule has 2 aromatic rings. The molecule has 0 aromatic heterocycles. The molecule has 120 valence electrons. The Morgan fingerprint density at radius 1 is 1.17 bits per heavy atom. The van der Waals surface area contributed by atoms with Crippen LogP contribution in [0, 0.1) is 0 Å². The van der Waals surface area contributed by atoms with E-state index in [9.17, 15) is 4.79 Å². The van der Waals surface area contributed by atoms with E-state index in [1.54, 1.807) is 20.1 Å². The van der Waals surface area contributed by atoms with Crippen molar-refractivity contribution >= 4 is 28.1 Å². The number of halogens is 1. The molecule has 0 aliphatic heterocycles. The molecule has 0 heterocycles. The standard InChI is InChI=1S/C17H17BrN2O3/c1-12(23-16-10-6-4-8-14(16)18)17(21)20-19-11-13-7-3-5-9-15(13)22-2/h3-12H,1-2H3,(H,20,21)/b19-11-/t12-/m1/s1. The number of hydrazone groups is 1. The van der Waals surface area contributed by atoms with Crippen molar-refractivity contribution in [1.29, 1.82) is 0 Å². The number of nitrogens with one attached hydrogen (secondary N) is 1. The molecule has 0 fully saturated rings. The number of hydrogen-bond acceptors (Lipinski definition) is 4. The highest BCUT2D eigenvalue weighted by Gasteiger charge is 2.15. The Kier molecular flexibility index (Phi) is 6.17. The van der Waals surface area contributed by atoms with Crippen LogP contribution in [-0.4, -0.2) is 25.3 Å². The molecule has 0 radical (unpaired) electrons. The van der Waals surface area contributed by atoms with Crippen molar-refractivity contribution < 1.29 is 14.3 Å². The van der Waals surface area contributed by atoms with E-state index in [2.05, 4.69) is 26.5 Å². The molecule has 23 heavy (non-hydrogen) atoms. The normalized spacial score (nSPS) is 12.0.